The molecule has 1 aliphatic carbocycles. The second kappa shape index (κ2) is 8.64. The van der Waals surface area contributed by atoms with Crippen LogP contribution in [0.3, 0.4) is 0 Å². The SMILES string of the molecule is CCc1cnc(C)nc1N1CC[C@@H]2C[C@H](N3CCOCC3)CC[C@@]2(COC)C1. The number of anilines is 1. The number of morpholine rings is 1. The molecule has 1 saturated carbocycles. The van der Waals surface area contributed by atoms with E-state index in [4.69, 9.17) is 14.5 Å². The fourth-order valence-electron chi connectivity index (χ4n) is 5.74. The van der Waals surface area contributed by atoms with E-state index in [9.17, 15) is 0 Å². The predicted octanol–water partition coefficient (Wildman–Crippen LogP) is 2.69. The zero-order valence-electron chi connectivity index (χ0n) is 17.8. The molecule has 0 bridgehead atoms. The Kier molecular flexibility index (Phi) is 6.18. The highest BCUT2D eigenvalue weighted by molar-refractivity contribution is 5.47. The molecule has 6 nitrogen and oxygen atoms in total. The van der Waals surface area contributed by atoms with Crippen LogP contribution in [0, 0.1) is 18.3 Å². The molecule has 0 amide bonds. The van der Waals surface area contributed by atoms with Crippen molar-refractivity contribution >= 4 is 5.82 Å². The number of methoxy groups -OCH3 is 1. The van der Waals surface area contributed by atoms with Crippen molar-refractivity contribution in [2.45, 2.75) is 52.0 Å². The summed E-state index contributed by atoms with van der Waals surface area (Å²) in [4.78, 5) is 14.5. The number of hydrogen-bond donors (Lipinski definition) is 0. The molecular weight excluding hydrogens is 352 g/mol. The minimum Gasteiger partial charge on any atom is -0.384 e. The van der Waals surface area contributed by atoms with Gasteiger partial charge in [-0.2, -0.15) is 0 Å². The Hall–Kier alpha value is -1.24. The molecule has 28 heavy (non-hydrogen) atoms. The van der Waals surface area contributed by atoms with Gasteiger partial charge in [-0.3, -0.25) is 4.90 Å². The number of hydrogen-bond acceptors (Lipinski definition) is 6. The van der Waals surface area contributed by atoms with Crippen molar-refractivity contribution in [2.75, 3.05) is 58.0 Å². The van der Waals surface area contributed by atoms with E-state index in [1.54, 1.807) is 0 Å². The highest BCUT2D eigenvalue weighted by Gasteiger charge is 2.48. The van der Waals surface area contributed by atoms with Crippen LogP contribution < -0.4 is 4.90 Å². The molecule has 0 unspecified atom stereocenters. The van der Waals surface area contributed by atoms with Gasteiger partial charge in [-0.05, 0) is 44.9 Å². The van der Waals surface area contributed by atoms with Gasteiger partial charge in [0.1, 0.15) is 11.6 Å². The Labute approximate surface area is 169 Å². The van der Waals surface area contributed by atoms with Crippen molar-refractivity contribution < 1.29 is 9.47 Å². The average Bonchev–Trinajstić information content (AvgIpc) is 2.73. The third-order valence-electron chi connectivity index (χ3n) is 7.29. The van der Waals surface area contributed by atoms with E-state index in [0.717, 1.165) is 76.0 Å². The number of aromatic nitrogens is 2. The first-order valence-corrected chi connectivity index (χ1v) is 11.0. The average molecular weight is 389 g/mol. The van der Waals surface area contributed by atoms with Crippen molar-refractivity contribution in [3.63, 3.8) is 0 Å². The Bertz CT molecular complexity index is 664. The molecule has 1 aromatic rings. The summed E-state index contributed by atoms with van der Waals surface area (Å²) in [5, 5.41) is 0. The fourth-order valence-corrected chi connectivity index (χ4v) is 5.74. The van der Waals surface area contributed by atoms with Gasteiger partial charge in [-0.1, -0.05) is 6.92 Å². The largest absolute Gasteiger partial charge is 0.384 e. The minimum atomic E-state index is 0.250. The monoisotopic (exact) mass is 388 g/mol. The quantitative estimate of drug-likeness (QED) is 0.773. The summed E-state index contributed by atoms with van der Waals surface area (Å²) in [6.45, 7) is 11.2. The van der Waals surface area contributed by atoms with E-state index >= 15 is 0 Å². The van der Waals surface area contributed by atoms with Crippen LogP contribution in [0.4, 0.5) is 5.82 Å². The van der Waals surface area contributed by atoms with Crippen LogP contribution in [0.25, 0.3) is 0 Å². The lowest BCUT2D eigenvalue weighted by Crippen LogP contribution is -2.57. The summed E-state index contributed by atoms with van der Waals surface area (Å²) in [5.41, 5.74) is 1.51. The van der Waals surface area contributed by atoms with Crippen molar-refractivity contribution in [2.24, 2.45) is 11.3 Å². The van der Waals surface area contributed by atoms with Crippen LogP contribution in [-0.4, -0.2) is 74.0 Å². The molecule has 0 N–H and O–H groups in total. The Morgan fingerprint density at radius 3 is 2.82 bits per heavy atom. The number of ether oxygens (including phenoxy) is 2. The van der Waals surface area contributed by atoms with Crippen LogP contribution >= 0.6 is 0 Å². The topological polar surface area (TPSA) is 50.7 Å². The maximum absolute atomic E-state index is 5.79. The lowest BCUT2D eigenvalue weighted by molar-refractivity contribution is -0.0540. The number of fused-ring (bicyclic) bond motifs is 1. The molecule has 0 spiro atoms. The van der Waals surface area contributed by atoms with Crippen molar-refractivity contribution in [3.8, 4) is 0 Å². The predicted molar refractivity (Wildman–Crippen MR) is 111 cm³/mol. The van der Waals surface area contributed by atoms with E-state index in [1.165, 1.54) is 31.2 Å². The maximum atomic E-state index is 5.79. The van der Waals surface area contributed by atoms with E-state index < -0.39 is 0 Å². The van der Waals surface area contributed by atoms with E-state index in [1.807, 2.05) is 20.2 Å². The lowest BCUT2D eigenvalue weighted by Gasteiger charge is -2.54. The Morgan fingerprint density at radius 1 is 1.25 bits per heavy atom. The van der Waals surface area contributed by atoms with Gasteiger partial charge in [0, 0.05) is 56.5 Å². The molecule has 0 radical (unpaired) electrons. The molecule has 3 atom stereocenters. The smallest absolute Gasteiger partial charge is 0.135 e. The van der Waals surface area contributed by atoms with Gasteiger partial charge in [0.15, 0.2) is 0 Å². The first kappa shape index (κ1) is 20.0. The van der Waals surface area contributed by atoms with Crippen LogP contribution in [0.15, 0.2) is 6.20 Å². The number of aryl methyl sites for hydroxylation is 2. The third kappa shape index (κ3) is 3.91. The maximum Gasteiger partial charge on any atom is 0.135 e. The summed E-state index contributed by atoms with van der Waals surface area (Å²) in [6, 6.07) is 0.720. The standard InChI is InChI=1S/C22H36N4O2/c1-4-18-14-23-17(2)24-21(18)26-8-6-19-13-20(25-9-11-28-12-10-25)5-7-22(19,15-26)16-27-3/h14,19-20H,4-13,15-16H2,1-3H3/t19-,20-,22+/m1/s1. The zero-order chi connectivity index (χ0) is 19.6. The minimum absolute atomic E-state index is 0.250. The van der Waals surface area contributed by atoms with Gasteiger partial charge in [0.2, 0.25) is 0 Å². The van der Waals surface area contributed by atoms with Gasteiger partial charge < -0.3 is 14.4 Å². The number of rotatable bonds is 5. The Balaban J connectivity index is 1.52. The molecule has 156 valence electrons. The van der Waals surface area contributed by atoms with Crippen LogP contribution in [0.1, 0.15) is 44.0 Å². The summed E-state index contributed by atoms with van der Waals surface area (Å²) >= 11 is 0. The molecule has 6 heteroatoms. The first-order valence-electron chi connectivity index (χ1n) is 11.0. The van der Waals surface area contributed by atoms with Crippen molar-refractivity contribution in [1.29, 1.82) is 0 Å². The highest BCUT2D eigenvalue weighted by Crippen LogP contribution is 2.48. The summed E-state index contributed by atoms with van der Waals surface area (Å²) in [7, 11) is 1.87. The van der Waals surface area contributed by atoms with E-state index in [0.29, 0.717) is 0 Å². The first-order chi connectivity index (χ1) is 13.6. The molecule has 0 aromatic carbocycles. The zero-order valence-corrected chi connectivity index (χ0v) is 17.8. The van der Waals surface area contributed by atoms with E-state index in [2.05, 4.69) is 21.7 Å². The fraction of sp³-hybridized carbons (Fsp3) is 0.818. The summed E-state index contributed by atoms with van der Waals surface area (Å²) in [5.74, 6) is 2.75. The molecule has 2 aliphatic heterocycles. The molecule has 4 rings (SSSR count). The van der Waals surface area contributed by atoms with Crippen LogP contribution in [0.5, 0.6) is 0 Å². The van der Waals surface area contributed by atoms with Crippen LogP contribution in [-0.2, 0) is 15.9 Å². The van der Waals surface area contributed by atoms with Gasteiger partial charge in [0.25, 0.3) is 0 Å². The third-order valence-corrected chi connectivity index (χ3v) is 7.29. The summed E-state index contributed by atoms with van der Waals surface area (Å²) < 4.78 is 11.4. The second-order valence-electron chi connectivity index (χ2n) is 8.90. The molecule has 2 saturated heterocycles. The van der Waals surface area contributed by atoms with Gasteiger partial charge in [-0.15, -0.1) is 0 Å². The Morgan fingerprint density at radius 2 is 2.07 bits per heavy atom. The second-order valence-corrected chi connectivity index (χ2v) is 8.90. The van der Waals surface area contributed by atoms with Crippen molar-refractivity contribution in [3.05, 3.63) is 17.6 Å². The molecular formula is C22H36N4O2. The van der Waals surface area contributed by atoms with Gasteiger partial charge >= 0.3 is 0 Å². The molecule has 3 fully saturated rings. The molecule has 3 heterocycles. The highest BCUT2D eigenvalue weighted by atomic mass is 16.5. The summed E-state index contributed by atoms with van der Waals surface area (Å²) in [6.07, 6.45) is 8.05. The normalized spacial score (nSPS) is 31.6. The molecule has 1 aromatic heterocycles. The van der Waals surface area contributed by atoms with Crippen molar-refractivity contribution in [1.82, 2.24) is 14.9 Å². The van der Waals surface area contributed by atoms with Gasteiger partial charge in [0.05, 0.1) is 19.8 Å². The molecule has 3 aliphatic rings. The lowest BCUT2D eigenvalue weighted by atomic mass is 9.61. The van der Waals surface area contributed by atoms with Crippen LogP contribution in [0.2, 0.25) is 0 Å². The van der Waals surface area contributed by atoms with Gasteiger partial charge in [-0.25, -0.2) is 9.97 Å². The number of nitrogens with zero attached hydrogens (tertiary/aromatic N) is 4. The number of piperidine rings is 1. The van der Waals surface area contributed by atoms with E-state index in [-0.39, 0.29) is 5.41 Å².